The highest BCUT2D eigenvalue weighted by Gasteiger charge is 2.37. The molecule has 7 nitrogen and oxygen atoms in total. The van der Waals surface area contributed by atoms with Gasteiger partial charge in [-0.05, 0) is 39.8 Å². The number of carbonyl (C=O) groups excluding carboxylic acids is 1. The first-order chi connectivity index (χ1) is 10.8. The Bertz CT molecular complexity index is 794. The third-order valence-corrected chi connectivity index (χ3v) is 3.92. The van der Waals surface area contributed by atoms with Gasteiger partial charge in [0.25, 0.3) is 0 Å². The number of hydrogen-bond acceptors (Lipinski definition) is 4. The lowest BCUT2D eigenvalue weighted by Gasteiger charge is -2.39. The summed E-state index contributed by atoms with van der Waals surface area (Å²) < 4.78 is 8.75. The van der Waals surface area contributed by atoms with Gasteiger partial charge in [-0.1, -0.05) is 0 Å². The molecule has 3 rings (SSSR count). The summed E-state index contributed by atoms with van der Waals surface area (Å²) >= 11 is 0. The molecule has 2 aromatic heterocycles. The predicted molar refractivity (Wildman–Crippen MR) is 86.5 cm³/mol. The number of ether oxygens (including phenoxy) is 1. The van der Waals surface area contributed by atoms with Gasteiger partial charge in [-0.25, -0.2) is 14.6 Å². The van der Waals surface area contributed by atoms with Crippen molar-refractivity contribution in [3.05, 3.63) is 28.8 Å². The second-order valence-corrected chi connectivity index (χ2v) is 6.78. The molecule has 0 aliphatic carbocycles. The first-order valence-corrected chi connectivity index (χ1v) is 7.85. The average Bonchev–Trinajstić information content (AvgIpc) is 2.68. The van der Waals surface area contributed by atoms with Crippen LogP contribution in [0.25, 0.3) is 11.2 Å². The quantitative estimate of drug-likeness (QED) is 0.849. The van der Waals surface area contributed by atoms with Crippen LogP contribution in [0.4, 0.5) is 4.79 Å². The molecule has 0 atom stereocenters. The summed E-state index contributed by atoms with van der Waals surface area (Å²) in [6.07, 6.45) is 1.34. The number of carbonyl (C=O) groups is 1. The van der Waals surface area contributed by atoms with Gasteiger partial charge in [0.15, 0.2) is 5.65 Å². The van der Waals surface area contributed by atoms with E-state index in [1.165, 1.54) is 0 Å². The molecule has 0 N–H and O–H groups in total. The van der Waals surface area contributed by atoms with Crippen LogP contribution in [0.15, 0.2) is 23.1 Å². The first-order valence-electron chi connectivity index (χ1n) is 7.85. The van der Waals surface area contributed by atoms with Gasteiger partial charge in [0, 0.05) is 25.8 Å². The number of amides is 1. The fourth-order valence-electron chi connectivity index (χ4n) is 2.84. The molecule has 1 aliphatic rings. The third kappa shape index (κ3) is 2.71. The summed E-state index contributed by atoms with van der Waals surface area (Å²) in [6, 6.07) is 3.67. The number of nitrogens with zero attached hydrogens (tertiary/aromatic N) is 4. The molecule has 3 heterocycles. The number of aromatic nitrogens is 3. The van der Waals surface area contributed by atoms with Gasteiger partial charge in [0.05, 0.1) is 11.6 Å². The standard InChI is InChI=1S/C16H22N4O3/c1-5-19-12-7-6-8-17-13(12)20(14(19)21)11-9-18(10-11)15(22)23-16(2,3)4/h6-8,11H,5,9-10H2,1-4H3. The van der Waals surface area contributed by atoms with Crippen molar-refractivity contribution >= 4 is 17.3 Å². The highest BCUT2D eigenvalue weighted by atomic mass is 16.6. The molecule has 0 radical (unpaired) electrons. The van der Waals surface area contributed by atoms with Crippen molar-refractivity contribution in [2.24, 2.45) is 0 Å². The van der Waals surface area contributed by atoms with Gasteiger partial charge in [-0.3, -0.25) is 9.13 Å². The Morgan fingerprint density at radius 2 is 2.09 bits per heavy atom. The molecule has 1 aliphatic heterocycles. The molecule has 124 valence electrons. The first kappa shape index (κ1) is 15.6. The Morgan fingerprint density at radius 1 is 1.39 bits per heavy atom. The molecule has 0 saturated carbocycles. The van der Waals surface area contributed by atoms with Crippen molar-refractivity contribution in [1.29, 1.82) is 0 Å². The molecule has 1 saturated heterocycles. The van der Waals surface area contributed by atoms with Crippen molar-refractivity contribution in [2.75, 3.05) is 13.1 Å². The van der Waals surface area contributed by atoms with E-state index in [0.717, 1.165) is 5.52 Å². The molecule has 0 spiro atoms. The largest absolute Gasteiger partial charge is 0.444 e. The van der Waals surface area contributed by atoms with E-state index in [0.29, 0.717) is 25.3 Å². The molecule has 0 bridgehead atoms. The summed E-state index contributed by atoms with van der Waals surface area (Å²) in [5.41, 5.74) is 0.914. The zero-order valence-electron chi connectivity index (χ0n) is 13.9. The van der Waals surface area contributed by atoms with Gasteiger partial charge in [0.1, 0.15) is 5.60 Å². The number of rotatable bonds is 2. The minimum absolute atomic E-state index is 0.0554. The smallest absolute Gasteiger partial charge is 0.410 e. The van der Waals surface area contributed by atoms with E-state index in [4.69, 9.17) is 4.74 Å². The number of hydrogen-bond donors (Lipinski definition) is 0. The minimum Gasteiger partial charge on any atom is -0.444 e. The van der Waals surface area contributed by atoms with Crippen molar-refractivity contribution in [1.82, 2.24) is 19.0 Å². The molecule has 2 aromatic rings. The van der Waals surface area contributed by atoms with E-state index in [1.54, 1.807) is 20.2 Å². The maximum atomic E-state index is 12.6. The monoisotopic (exact) mass is 318 g/mol. The van der Waals surface area contributed by atoms with Crippen LogP contribution in [0.3, 0.4) is 0 Å². The lowest BCUT2D eigenvalue weighted by molar-refractivity contribution is 0.00102. The van der Waals surface area contributed by atoms with E-state index < -0.39 is 5.60 Å². The predicted octanol–water partition coefficient (Wildman–Crippen LogP) is 2.01. The lowest BCUT2D eigenvalue weighted by Crippen LogP contribution is -2.54. The van der Waals surface area contributed by atoms with E-state index >= 15 is 0 Å². The number of likely N-dealkylation sites (tertiary alicyclic amines) is 1. The Balaban J connectivity index is 1.83. The summed E-state index contributed by atoms with van der Waals surface area (Å²) in [7, 11) is 0. The van der Waals surface area contributed by atoms with Crippen LogP contribution < -0.4 is 5.69 Å². The highest BCUT2D eigenvalue weighted by molar-refractivity contribution is 5.72. The third-order valence-electron chi connectivity index (χ3n) is 3.92. The second-order valence-electron chi connectivity index (χ2n) is 6.78. The van der Waals surface area contributed by atoms with Crippen molar-refractivity contribution in [2.45, 2.75) is 45.9 Å². The van der Waals surface area contributed by atoms with Gasteiger partial charge < -0.3 is 9.64 Å². The fourth-order valence-corrected chi connectivity index (χ4v) is 2.84. The average molecular weight is 318 g/mol. The lowest BCUT2D eigenvalue weighted by atomic mass is 10.1. The molecule has 7 heteroatoms. The van der Waals surface area contributed by atoms with Crippen LogP contribution in [0, 0.1) is 0 Å². The van der Waals surface area contributed by atoms with Crippen LogP contribution >= 0.6 is 0 Å². The summed E-state index contributed by atoms with van der Waals surface area (Å²) in [6.45, 7) is 8.98. The Labute approximate surface area is 134 Å². The molecular weight excluding hydrogens is 296 g/mol. The van der Waals surface area contributed by atoms with Gasteiger partial charge in [-0.2, -0.15) is 0 Å². The van der Waals surface area contributed by atoms with Crippen molar-refractivity contribution in [3.63, 3.8) is 0 Å². The van der Waals surface area contributed by atoms with Gasteiger partial charge in [-0.15, -0.1) is 0 Å². The zero-order valence-corrected chi connectivity index (χ0v) is 13.9. The summed E-state index contributed by atoms with van der Waals surface area (Å²) in [5.74, 6) is 0. The van der Waals surface area contributed by atoms with Crippen LogP contribution in [0.1, 0.15) is 33.7 Å². The molecule has 23 heavy (non-hydrogen) atoms. The minimum atomic E-state index is -0.515. The maximum absolute atomic E-state index is 12.6. The Kier molecular flexibility index (Phi) is 3.66. The number of imidazole rings is 1. The number of fused-ring (bicyclic) bond motifs is 1. The van der Waals surface area contributed by atoms with Crippen LogP contribution in [-0.2, 0) is 11.3 Å². The Hall–Kier alpha value is -2.31. The molecule has 1 fully saturated rings. The van der Waals surface area contributed by atoms with E-state index in [-0.39, 0.29) is 17.8 Å². The second kappa shape index (κ2) is 5.40. The summed E-state index contributed by atoms with van der Waals surface area (Å²) in [4.78, 5) is 30.6. The molecule has 1 amide bonds. The SMILES string of the molecule is CCn1c(=O)n(C2CN(C(=O)OC(C)(C)C)C2)c2ncccc21. The van der Waals surface area contributed by atoms with Crippen molar-refractivity contribution < 1.29 is 9.53 Å². The van der Waals surface area contributed by atoms with E-state index in [9.17, 15) is 9.59 Å². The van der Waals surface area contributed by atoms with Crippen molar-refractivity contribution in [3.8, 4) is 0 Å². The topological polar surface area (TPSA) is 69.4 Å². The normalized spacial score (nSPS) is 15.7. The molecular formula is C16H22N4O3. The Morgan fingerprint density at radius 3 is 2.70 bits per heavy atom. The van der Waals surface area contributed by atoms with Crippen LogP contribution in [0.2, 0.25) is 0 Å². The van der Waals surface area contributed by atoms with Gasteiger partial charge in [0.2, 0.25) is 0 Å². The molecule has 0 aromatic carbocycles. The number of pyridine rings is 1. The fraction of sp³-hybridized carbons (Fsp3) is 0.562. The van der Waals surface area contributed by atoms with Gasteiger partial charge >= 0.3 is 11.8 Å². The van der Waals surface area contributed by atoms with Crippen LogP contribution in [0.5, 0.6) is 0 Å². The zero-order chi connectivity index (χ0) is 16.8. The van der Waals surface area contributed by atoms with E-state index in [1.807, 2.05) is 39.8 Å². The van der Waals surface area contributed by atoms with E-state index in [2.05, 4.69) is 4.98 Å². The molecule has 0 unspecified atom stereocenters. The summed E-state index contributed by atoms with van der Waals surface area (Å²) in [5, 5.41) is 0. The highest BCUT2D eigenvalue weighted by Crippen LogP contribution is 2.25. The number of aryl methyl sites for hydroxylation is 1. The van der Waals surface area contributed by atoms with Crippen LogP contribution in [-0.4, -0.2) is 43.8 Å². The maximum Gasteiger partial charge on any atom is 0.410 e.